The molecule has 4 heteroatoms. The van der Waals surface area contributed by atoms with Crippen molar-refractivity contribution >= 4 is 11.8 Å². The minimum Gasteiger partial charge on any atom is -0.467 e. The van der Waals surface area contributed by atoms with Gasteiger partial charge in [0.25, 0.3) is 0 Å². The molecule has 0 saturated carbocycles. The van der Waals surface area contributed by atoms with E-state index in [2.05, 4.69) is 4.74 Å². The smallest absolute Gasteiger partial charge is 0.335 e. The second kappa shape index (κ2) is 3.48. The highest BCUT2D eigenvalue weighted by atomic mass is 16.6. The number of hydrogen-bond acceptors (Lipinski definition) is 4. The molecule has 0 unspecified atom stereocenters. The molecular formula is C7H10O4. The number of methoxy groups -OCH3 is 1. The molecular weight excluding hydrogens is 148 g/mol. The maximum absolute atomic E-state index is 10.8. The fraction of sp³-hybridized carbons (Fsp3) is 0.714. The highest BCUT2D eigenvalue weighted by Gasteiger charge is 2.25. The van der Waals surface area contributed by atoms with E-state index in [-0.39, 0.29) is 12.4 Å². The Bertz CT molecular complexity index is 165. The molecule has 1 atom stereocenters. The Hall–Kier alpha value is -0.900. The largest absolute Gasteiger partial charge is 0.467 e. The van der Waals surface area contributed by atoms with Crippen LogP contribution in [0.15, 0.2) is 0 Å². The zero-order chi connectivity index (χ0) is 8.27. The predicted molar refractivity (Wildman–Crippen MR) is 36.0 cm³/mol. The number of esters is 1. The molecule has 0 aromatic rings. The van der Waals surface area contributed by atoms with E-state index in [9.17, 15) is 9.59 Å². The van der Waals surface area contributed by atoms with Crippen LogP contribution in [0.2, 0.25) is 0 Å². The van der Waals surface area contributed by atoms with Crippen molar-refractivity contribution in [3.05, 3.63) is 0 Å². The van der Waals surface area contributed by atoms with E-state index in [4.69, 9.17) is 4.74 Å². The van der Waals surface area contributed by atoms with Gasteiger partial charge < -0.3 is 9.47 Å². The summed E-state index contributed by atoms with van der Waals surface area (Å²) in [6, 6.07) is 0. The number of carbonyl (C=O) groups is 2. The zero-order valence-corrected chi connectivity index (χ0v) is 6.33. The Kier molecular flexibility index (Phi) is 2.59. The van der Waals surface area contributed by atoms with E-state index in [1.807, 2.05) is 0 Å². The van der Waals surface area contributed by atoms with E-state index in [1.165, 1.54) is 7.11 Å². The van der Waals surface area contributed by atoms with E-state index >= 15 is 0 Å². The van der Waals surface area contributed by atoms with Crippen LogP contribution in [0.25, 0.3) is 0 Å². The first kappa shape index (κ1) is 8.20. The lowest BCUT2D eigenvalue weighted by molar-refractivity contribution is -0.159. The Morgan fingerprint density at radius 2 is 2.45 bits per heavy atom. The molecule has 0 amide bonds. The van der Waals surface area contributed by atoms with Gasteiger partial charge in [-0.2, -0.15) is 0 Å². The molecule has 0 radical (unpaired) electrons. The highest BCUT2D eigenvalue weighted by molar-refractivity contribution is 5.83. The van der Waals surface area contributed by atoms with Crippen LogP contribution in [-0.2, 0) is 19.1 Å². The Morgan fingerprint density at radius 3 is 2.91 bits per heavy atom. The summed E-state index contributed by atoms with van der Waals surface area (Å²) in [6.07, 6.45) is 0.336. The Balaban J connectivity index is 2.39. The molecule has 1 fully saturated rings. The van der Waals surface area contributed by atoms with Gasteiger partial charge in [0.1, 0.15) is 6.61 Å². The van der Waals surface area contributed by atoms with Crippen LogP contribution in [0, 0.1) is 0 Å². The van der Waals surface area contributed by atoms with Gasteiger partial charge in [-0.25, -0.2) is 4.79 Å². The van der Waals surface area contributed by atoms with Crippen LogP contribution >= 0.6 is 0 Å². The summed E-state index contributed by atoms with van der Waals surface area (Å²) >= 11 is 0. The summed E-state index contributed by atoms with van der Waals surface area (Å²) in [7, 11) is 1.31. The molecule has 0 bridgehead atoms. The fourth-order valence-corrected chi connectivity index (χ4v) is 0.958. The van der Waals surface area contributed by atoms with Gasteiger partial charge in [0.15, 0.2) is 11.9 Å². The summed E-state index contributed by atoms with van der Waals surface area (Å²) in [5, 5.41) is 0. The Morgan fingerprint density at radius 1 is 1.73 bits per heavy atom. The van der Waals surface area contributed by atoms with Crippen LogP contribution in [0.4, 0.5) is 0 Å². The van der Waals surface area contributed by atoms with Crippen LogP contribution in [0.5, 0.6) is 0 Å². The number of hydrogen-bond donors (Lipinski definition) is 0. The molecule has 0 aliphatic carbocycles. The number of carbonyl (C=O) groups excluding carboxylic acids is 2. The number of rotatable bonds is 1. The monoisotopic (exact) mass is 158 g/mol. The van der Waals surface area contributed by atoms with Crippen molar-refractivity contribution < 1.29 is 19.1 Å². The normalized spacial score (nSPS) is 24.8. The highest BCUT2D eigenvalue weighted by Crippen LogP contribution is 2.10. The molecule has 1 aliphatic heterocycles. The molecule has 1 heterocycles. The summed E-state index contributed by atoms with van der Waals surface area (Å²) in [5.41, 5.74) is 0. The number of ketones is 1. The van der Waals surface area contributed by atoms with Gasteiger partial charge in [0, 0.05) is 6.42 Å². The summed E-state index contributed by atoms with van der Waals surface area (Å²) < 4.78 is 9.37. The van der Waals surface area contributed by atoms with Crippen LogP contribution in [0.1, 0.15) is 12.8 Å². The molecule has 0 N–H and O–H groups in total. The third kappa shape index (κ3) is 2.01. The topological polar surface area (TPSA) is 52.6 Å². The minimum absolute atomic E-state index is 0.0414. The lowest BCUT2D eigenvalue weighted by atomic mass is 10.1. The maximum Gasteiger partial charge on any atom is 0.335 e. The van der Waals surface area contributed by atoms with Gasteiger partial charge in [0.05, 0.1) is 7.11 Å². The van der Waals surface area contributed by atoms with Crippen molar-refractivity contribution in [1.29, 1.82) is 0 Å². The van der Waals surface area contributed by atoms with E-state index in [1.54, 1.807) is 0 Å². The van der Waals surface area contributed by atoms with Gasteiger partial charge >= 0.3 is 5.97 Å². The van der Waals surface area contributed by atoms with E-state index < -0.39 is 12.1 Å². The van der Waals surface area contributed by atoms with Crippen LogP contribution < -0.4 is 0 Å². The van der Waals surface area contributed by atoms with Gasteiger partial charge in [-0.05, 0) is 6.42 Å². The fourth-order valence-electron chi connectivity index (χ4n) is 0.958. The van der Waals surface area contributed by atoms with Gasteiger partial charge in [-0.1, -0.05) is 0 Å². The molecule has 62 valence electrons. The van der Waals surface area contributed by atoms with Gasteiger partial charge in [-0.15, -0.1) is 0 Å². The third-order valence-corrected chi connectivity index (χ3v) is 1.59. The Labute approximate surface area is 64.5 Å². The average Bonchev–Trinajstić information content (AvgIpc) is 2.05. The minimum atomic E-state index is -0.530. The van der Waals surface area contributed by atoms with Crippen molar-refractivity contribution in [1.82, 2.24) is 0 Å². The lowest BCUT2D eigenvalue weighted by Gasteiger charge is -2.18. The van der Waals surface area contributed by atoms with Crippen molar-refractivity contribution in [2.24, 2.45) is 0 Å². The third-order valence-electron chi connectivity index (χ3n) is 1.59. The van der Waals surface area contributed by atoms with Gasteiger partial charge in [-0.3, -0.25) is 4.79 Å². The molecule has 1 saturated heterocycles. The quantitative estimate of drug-likeness (QED) is 0.500. The molecule has 1 aliphatic rings. The summed E-state index contributed by atoms with van der Waals surface area (Å²) in [5.74, 6) is -0.345. The van der Waals surface area contributed by atoms with Crippen molar-refractivity contribution in [2.45, 2.75) is 18.9 Å². The maximum atomic E-state index is 10.8. The number of Topliss-reactive ketones (excluding diaryl/α,β-unsaturated/α-hetero) is 1. The van der Waals surface area contributed by atoms with E-state index in [0.29, 0.717) is 12.8 Å². The molecule has 1 rings (SSSR count). The standard InChI is InChI=1S/C7H10O4/c1-10-7(9)6-3-2-5(8)4-11-6/h6H,2-4H2,1H3/t6-/m0/s1. The van der Waals surface area contributed by atoms with Crippen LogP contribution in [-0.4, -0.2) is 31.6 Å². The molecule has 11 heavy (non-hydrogen) atoms. The second-order valence-electron chi connectivity index (χ2n) is 2.40. The van der Waals surface area contributed by atoms with Crippen molar-refractivity contribution in [3.8, 4) is 0 Å². The average molecular weight is 158 g/mol. The van der Waals surface area contributed by atoms with Crippen LogP contribution in [0.3, 0.4) is 0 Å². The number of ether oxygens (including phenoxy) is 2. The molecule has 0 aromatic heterocycles. The lowest BCUT2D eigenvalue weighted by Crippen LogP contribution is -2.33. The SMILES string of the molecule is COC(=O)[C@@H]1CCC(=O)CO1. The summed E-state index contributed by atoms with van der Waals surface area (Å²) in [6.45, 7) is 0.0414. The molecule has 0 spiro atoms. The first-order chi connectivity index (χ1) is 5.24. The first-order valence-electron chi connectivity index (χ1n) is 3.45. The van der Waals surface area contributed by atoms with Crippen molar-refractivity contribution in [2.75, 3.05) is 13.7 Å². The predicted octanol–water partition coefficient (Wildman–Crippen LogP) is -0.0925. The van der Waals surface area contributed by atoms with Crippen molar-refractivity contribution in [3.63, 3.8) is 0 Å². The first-order valence-corrected chi connectivity index (χ1v) is 3.45. The van der Waals surface area contributed by atoms with Gasteiger partial charge in [0.2, 0.25) is 0 Å². The molecule has 0 aromatic carbocycles. The molecule has 4 nitrogen and oxygen atoms in total. The summed E-state index contributed by atoms with van der Waals surface area (Å²) in [4.78, 5) is 21.5. The van der Waals surface area contributed by atoms with E-state index in [0.717, 1.165) is 0 Å². The zero-order valence-electron chi connectivity index (χ0n) is 6.33. The second-order valence-corrected chi connectivity index (χ2v) is 2.40.